The number of anilines is 3. The molecule has 0 amide bonds. The van der Waals surface area contributed by atoms with Crippen LogP contribution in [-0.4, -0.2) is 71.3 Å². The van der Waals surface area contributed by atoms with Crippen LogP contribution in [0.25, 0.3) is 0 Å². The van der Waals surface area contributed by atoms with Crippen molar-refractivity contribution in [3.05, 3.63) is 256 Å². The number of aromatic carboxylic acids is 3. The molecule has 0 radical (unpaired) electrons. The van der Waals surface area contributed by atoms with Crippen molar-refractivity contribution < 1.29 is 59.7 Å². The lowest BCUT2D eigenvalue weighted by molar-refractivity contribution is 0.0684. The Bertz CT molecular complexity index is 3780. The standard InChI is InChI=1S/C22H21NO5S.C22H21NO4S.C19H23NO4S/c1-28-18-12-14-19(15-13-18)29(26,27)23-21-9-5-3-7-17(21)11-10-16-6-2-4-8-20(16)22(24)25;24-22(25)20-12-6-4-10-18(20)14-15-19-11-5-7-13-21(19)23-28(26,27)16-17-8-2-1-3-9-17;1-2-3-14-25(23,24)20-18-11-7-5-9-16(18)13-12-15-8-4-6-10-17(15)19(21)22/h2-9,12-15,23H,10-11H2,1H3,(H,24,25);1-13,23H,14-16H2,(H,24,25);4-11,20H,2-3,12-14H2,1H3,(H,21,22). The quantitative estimate of drug-likeness (QED) is 0.0311. The number of aryl methyl sites for hydroxylation is 6. The van der Waals surface area contributed by atoms with Crippen LogP contribution in [0.4, 0.5) is 17.1 Å². The molecule has 428 valence electrons. The van der Waals surface area contributed by atoms with Crippen molar-refractivity contribution in [1.82, 2.24) is 0 Å². The summed E-state index contributed by atoms with van der Waals surface area (Å²) in [5, 5.41) is 27.9. The minimum absolute atomic E-state index is 0.0969. The molecule has 0 aliphatic rings. The van der Waals surface area contributed by atoms with Crippen molar-refractivity contribution in [3.63, 3.8) is 0 Å². The van der Waals surface area contributed by atoms with Gasteiger partial charge in [-0.2, -0.15) is 0 Å². The average Bonchev–Trinajstić information content (AvgIpc) is 3.48. The van der Waals surface area contributed by atoms with Crippen molar-refractivity contribution >= 4 is 65.0 Å². The van der Waals surface area contributed by atoms with Gasteiger partial charge in [0.15, 0.2) is 0 Å². The number of sulfonamides is 3. The first kappa shape index (κ1) is 62.4. The van der Waals surface area contributed by atoms with E-state index in [9.17, 15) is 55.0 Å². The minimum Gasteiger partial charge on any atom is -0.497 e. The molecule has 0 saturated heterocycles. The van der Waals surface area contributed by atoms with E-state index in [1.54, 1.807) is 146 Å². The van der Waals surface area contributed by atoms with Gasteiger partial charge >= 0.3 is 17.9 Å². The summed E-state index contributed by atoms with van der Waals surface area (Å²) in [6.07, 6.45) is 4.49. The number of rotatable bonds is 25. The molecule has 0 heterocycles. The highest BCUT2D eigenvalue weighted by atomic mass is 32.2. The Labute approximate surface area is 479 Å². The first-order valence-corrected chi connectivity index (χ1v) is 31.0. The molecular weight excluding hydrogens is 1100 g/mol. The van der Waals surface area contributed by atoms with Crippen LogP contribution in [0.2, 0.25) is 0 Å². The van der Waals surface area contributed by atoms with Gasteiger partial charge in [-0.3, -0.25) is 14.2 Å². The molecule has 0 unspecified atom stereocenters. The topological polar surface area (TPSA) is 260 Å². The molecule has 0 saturated carbocycles. The number of carboxylic acids is 3. The van der Waals surface area contributed by atoms with Crippen molar-refractivity contribution in [2.24, 2.45) is 0 Å². The third-order valence-corrected chi connectivity index (χ3v) is 16.9. The first-order chi connectivity index (χ1) is 39.3. The Kier molecular flexibility index (Phi) is 23.0. The van der Waals surface area contributed by atoms with E-state index in [2.05, 4.69) is 14.2 Å². The van der Waals surface area contributed by atoms with Crippen LogP contribution >= 0.6 is 0 Å². The number of carboxylic acid groups (broad SMARTS) is 3. The summed E-state index contributed by atoms with van der Waals surface area (Å²) in [6, 6.07) is 57.2. The molecule has 8 aromatic rings. The van der Waals surface area contributed by atoms with Crippen molar-refractivity contribution in [2.75, 3.05) is 27.0 Å². The Morgan fingerprint density at radius 3 is 1.11 bits per heavy atom. The number of unbranched alkanes of at least 4 members (excludes halogenated alkanes) is 1. The zero-order chi connectivity index (χ0) is 59.1. The van der Waals surface area contributed by atoms with Crippen LogP contribution in [0.15, 0.2) is 205 Å². The number of nitrogens with one attached hydrogen (secondary N) is 3. The maximum absolute atomic E-state index is 12.7. The number of hydrogen-bond acceptors (Lipinski definition) is 10. The lowest BCUT2D eigenvalue weighted by Gasteiger charge is -2.13. The molecule has 0 aromatic heterocycles. The van der Waals surface area contributed by atoms with Crippen LogP contribution in [0.1, 0.15) is 89.8 Å². The van der Waals surface area contributed by atoms with Gasteiger partial charge in [-0.25, -0.2) is 39.6 Å². The summed E-state index contributed by atoms with van der Waals surface area (Å²) in [5.74, 6) is -2.34. The van der Waals surface area contributed by atoms with Gasteiger partial charge in [0.25, 0.3) is 10.0 Å². The van der Waals surface area contributed by atoms with E-state index in [0.29, 0.717) is 78.9 Å². The minimum atomic E-state index is -3.77. The largest absolute Gasteiger partial charge is 0.497 e. The zero-order valence-electron chi connectivity index (χ0n) is 45.3. The molecule has 0 atom stereocenters. The van der Waals surface area contributed by atoms with Gasteiger partial charge in [0.05, 0.1) is 57.3 Å². The van der Waals surface area contributed by atoms with Gasteiger partial charge in [-0.1, -0.05) is 153 Å². The zero-order valence-corrected chi connectivity index (χ0v) is 47.7. The molecule has 0 aliphatic carbocycles. The number of methoxy groups -OCH3 is 1. The molecule has 0 bridgehead atoms. The second kappa shape index (κ2) is 30.2. The Balaban J connectivity index is 0.000000198. The number of ether oxygens (including phenoxy) is 1. The summed E-state index contributed by atoms with van der Waals surface area (Å²) in [5.41, 5.74) is 7.67. The molecule has 16 nitrogen and oxygen atoms in total. The van der Waals surface area contributed by atoms with Gasteiger partial charge in [-0.15, -0.1) is 0 Å². The van der Waals surface area contributed by atoms with E-state index in [1.165, 1.54) is 19.2 Å². The number of benzene rings is 8. The SMILES string of the molecule is CCCCS(=O)(=O)Nc1ccccc1CCc1ccccc1C(=O)O.COc1ccc(S(=O)(=O)Nc2ccccc2CCc2ccccc2C(=O)O)cc1.O=C(O)c1ccccc1CCc1ccccc1NS(=O)(=O)Cc1ccccc1. The fourth-order valence-electron chi connectivity index (χ4n) is 8.67. The van der Waals surface area contributed by atoms with Crippen LogP contribution in [0, 0.1) is 0 Å². The molecule has 0 fully saturated rings. The second-order valence-corrected chi connectivity index (χ2v) is 24.0. The van der Waals surface area contributed by atoms with Crippen LogP contribution < -0.4 is 18.9 Å². The third kappa shape index (κ3) is 19.2. The van der Waals surface area contributed by atoms with Crippen LogP contribution in [-0.2, 0) is 74.3 Å². The fraction of sp³-hybridized carbons (Fsp3) is 0.190. The number of carbonyl (C=O) groups is 3. The van der Waals surface area contributed by atoms with Crippen molar-refractivity contribution in [2.45, 2.75) is 68.9 Å². The Hall–Kier alpha value is -8.78. The maximum Gasteiger partial charge on any atom is 0.335 e. The summed E-state index contributed by atoms with van der Waals surface area (Å²) in [4.78, 5) is 34.2. The Morgan fingerprint density at radius 1 is 0.402 bits per heavy atom. The van der Waals surface area contributed by atoms with E-state index >= 15 is 0 Å². The molecule has 82 heavy (non-hydrogen) atoms. The lowest BCUT2D eigenvalue weighted by atomic mass is 9.99. The fourth-order valence-corrected chi connectivity index (χ4v) is 12.3. The highest BCUT2D eigenvalue weighted by Gasteiger charge is 2.19. The molecule has 8 rings (SSSR count). The maximum atomic E-state index is 12.7. The van der Waals surface area contributed by atoms with Gasteiger partial charge in [0.1, 0.15) is 5.75 Å². The molecule has 8 aromatic carbocycles. The summed E-state index contributed by atoms with van der Waals surface area (Å²) in [7, 11) is -9.18. The molecule has 0 spiro atoms. The normalized spacial score (nSPS) is 11.1. The van der Waals surface area contributed by atoms with E-state index in [1.807, 2.05) is 49.4 Å². The van der Waals surface area contributed by atoms with E-state index in [0.717, 1.165) is 34.2 Å². The molecule has 6 N–H and O–H groups in total. The van der Waals surface area contributed by atoms with E-state index in [4.69, 9.17) is 4.74 Å². The van der Waals surface area contributed by atoms with Gasteiger partial charge < -0.3 is 20.1 Å². The Morgan fingerprint density at radius 2 is 0.732 bits per heavy atom. The monoisotopic (exact) mass is 1170 g/mol. The summed E-state index contributed by atoms with van der Waals surface area (Å²) < 4.78 is 87.9. The predicted molar refractivity (Wildman–Crippen MR) is 321 cm³/mol. The number of hydrogen-bond donors (Lipinski definition) is 6. The van der Waals surface area contributed by atoms with Crippen molar-refractivity contribution in [3.8, 4) is 5.75 Å². The van der Waals surface area contributed by atoms with Gasteiger partial charge in [0.2, 0.25) is 20.0 Å². The van der Waals surface area contributed by atoms with Crippen LogP contribution in [0.5, 0.6) is 5.75 Å². The van der Waals surface area contributed by atoms with Gasteiger partial charge in [0, 0.05) is 0 Å². The third-order valence-electron chi connectivity index (χ3n) is 12.9. The average molecular weight is 1170 g/mol. The molecular formula is C63H65N3O13S3. The molecule has 19 heteroatoms. The summed E-state index contributed by atoms with van der Waals surface area (Å²) in [6.45, 7) is 1.95. The molecule has 0 aliphatic heterocycles. The second-order valence-electron chi connectivity index (χ2n) is 18.8. The highest BCUT2D eigenvalue weighted by Crippen LogP contribution is 2.26. The number of para-hydroxylation sites is 3. The van der Waals surface area contributed by atoms with Crippen molar-refractivity contribution in [1.29, 1.82) is 0 Å². The predicted octanol–water partition coefficient (Wildman–Crippen LogP) is 11.8. The van der Waals surface area contributed by atoms with Crippen LogP contribution in [0.3, 0.4) is 0 Å². The van der Waals surface area contributed by atoms with E-state index in [-0.39, 0.29) is 33.1 Å². The lowest BCUT2D eigenvalue weighted by Crippen LogP contribution is -2.17. The summed E-state index contributed by atoms with van der Waals surface area (Å²) >= 11 is 0. The first-order valence-electron chi connectivity index (χ1n) is 26.2. The smallest absolute Gasteiger partial charge is 0.335 e. The highest BCUT2D eigenvalue weighted by molar-refractivity contribution is 7.93. The van der Waals surface area contributed by atoms with E-state index < -0.39 is 48.0 Å². The van der Waals surface area contributed by atoms with Gasteiger partial charge in [-0.05, 0) is 145 Å².